The Morgan fingerprint density at radius 1 is 0.963 bits per heavy atom. The van der Waals surface area contributed by atoms with Gasteiger partial charge in [0.1, 0.15) is 29.7 Å². The van der Waals surface area contributed by atoms with Gasteiger partial charge in [-0.3, -0.25) is 19.4 Å². The summed E-state index contributed by atoms with van der Waals surface area (Å²) in [6.45, 7) is 5.00. The molecule has 3 aromatic rings. The smallest absolute Gasteiger partial charge is 0.408 e. The lowest BCUT2D eigenvalue weighted by Gasteiger charge is -2.19. The number of carbonyl (C=O) groups is 4. The second kappa shape index (κ2) is 18.9. The van der Waals surface area contributed by atoms with Gasteiger partial charge in [0.25, 0.3) is 11.8 Å². The summed E-state index contributed by atoms with van der Waals surface area (Å²) < 4.78 is 55.3. The number of rotatable bonds is 17. The first-order chi connectivity index (χ1) is 25.7. The number of aromatic nitrogens is 1. The molecular weight excluding hydrogens is 710 g/mol. The molecular formula is C37H44F2N6O9. The van der Waals surface area contributed by atoms with Crippen LogP contribution in [0.15, 0.2) is 48.7 Å². The summed E-state index contributed by atoms with van der Waals surface area (Å²) in [6.07, 6.45) is 0.0265. The van der Waals surface area contributed by atoms with E-state index >= 15 is 0 Å². The Morgan fingerprint density at radius 3 is 2.43 bits per heavy atom. The molecule has 1 atom stereocenters. The van der Waals surface area contributed by atoms with E-state index in [1.54, 1.807) is 51.1 Å². The summed E-state index contributed by atoms with van der Waals surface area (Å²) in [6, 6.07) is 12.5. The number of fused-ring (bicyclic) bond motifs is 1. The number of pyridine rings is 1. The number of ether oxygens (including phenoxy) is 5. The van der Waals surface area contributed by atoms with Crippen LogP contribution in [0, 0.1) is 11.3 Å². The van der Waals surface area contributed by atoms with E-state index in [2.05, 4.69) is 20.9 Å². The zero-order valence-electron chi connectivity index (χ0n) is 30.5. The average molecular weight is 755 g/mol. The first-order valence-electron chi connectivity index (χ1n) is 17.1. The zero-order chi connectivity index (χ0) is 39.3. The summed E-state index contributed by atoms with van der Waals surface area (Å²) in [5.74, 6) is -3.90. The van der Waals surface area contributed by atoms with Gasteiger partial charge in [-0.05, 0) is 56.7 Å². The number of halogens is 2. The van der Waals surface area contributed by atoms with E-state index in [4.69, 9.17) is 23.7 Å². The molecule has 1 saturated heterocycles. The van der Waals surface area contributed by atoms with Gasteiger partial charge in [0, 0.05) is 36.2 Å². The molecule has 1 aliphatic rings. The number of benzene rings is 2. The number of alkyl halides is 2. The number of alkyl carbamates (subject to hydrolysis) is 1. The highest BCUT2D eigenvalue weighted by molar-refractivity contribution is 6.07. The highest BCUT2D eigenvalue weighted by atomic mass is 19.3. The number of methoxy groups -OCH3 is 1. The van der Waals surface area contributed by atoms with Gasteiger partial charge >= 0.3 is 6.09 Å². The van der Waals surface area contributed by atoms with Crippen LogP contribution in [0.5, 0.6) is 11.5 Å². The summed E-state index contributed by atoms with van der Waals surface area (Å²) >= 11 is 0. The number of carbonyl (C=O) groups excluding carboxylic acids is 4. The van der Waals surface area contributed by atoms with Crippen LogP contribution in [0.2, 0.25) is 0 Å². The van der Waals surface area contributed by atoms with E-state index in [9.17, 15) is 33.2 Å². The molecule has 0 bridgehead atoms. The Morgan fingerprint density at radius 2 is 1.70 bits per heavy atom. The van der Waals surface area contributed by atoms with Crippen LogP contribution >= 0.6 is 0 Å². The van der Waals surface area contributed by atoms with E-state index in [1.807, 2.05) is 12.1 Å². The predicted octanol–water partition coefficient (Wildman–Crippen LogP) is 3.45. The molecule has 2 heterocycles. The van der Waals surface area contributed by atoms with Crippen LogP contribution in [0.25, 0.3) is 22.0 Å². The third-order valence-corrected chi connectivity index (χ3v) is 7.84. The van der Waals surface area contributed by atoms with E-state index in [-0.39, 0.29) is 57.6 Å². The van der Waals surface area contributed by atoms with Crippen molar-refractivity contribution in [1.82, 2.24) is 25.8 Å². The van der Waals surface area contributed by atoms with Gasteiger partial charge in [-0.15, -0.1) is 0 Å². The Bertz CT molecular complexity index is 1850. The minimum Gasteiger partial charge on any atom is -0.497 e. The predicted molar refractivity (Wildman–Crippen MR) is 191 cm³/mol. The van der Waals surface area contributed by atoms with E-state index in [0.717, 1.165) is 4.90 Å². The molecule has 1 aromatic heterocycles. The fourth-order valence-corrected chi connectivity index (χ4v) is 5.37. The van der Waals surface area contributed by atoms with Crippen molar-refractivity contribution in [2.75, 3.05) is 66.3 Å². The number of likely N-dealkylation sites (tertiary alicyclic amines) is 1. The molecule has 0 unspecified atom stereocenters. The zero-order valence-corrected chi connectivity index (χ0v) is 30.5. The molecule has 2 aromatic carbocycles. The van der Waals surface area contributed by atoms with Crippen LogP contribution in [0.3, 0.4) is 0 Å². The third-order valence-electron chi connectivity index (χ3n) is 7.84. The number of hydrogen-bond acceptors (Lipinski definition) is 11. The Kier molecular flexibility index (Phi) is 14.4. The van der Waals surface area contributed by atoms with Crippen molar-refractivity contribution in [3.63, 3.8) is 0 Å². The second-order valence-corrected chi connectivity index (χ2v) is 13.1. The summed E-state index contributed by atoms with van der Waals surface area (Å²) in [4.78, 5) is 54.5. The standard InChI is InChI=1S/C37H44F2N6O9/c1-36(2,3)54-35(49)44-21-32(46)42-11-12-51-13-14-52-15-16-53-31-18-26(50-4)6-7-27(31)24-5-8-30-29(17-24)28(9-10-41-30)34(48)43-22-33(47)45-23-37(38,39)19-25(45)20-40/h5-10,17-18,25H,11-16,19,21-23H2,1-4H3,(H,42,46)(H,43,48)(H,44,49)/t25-/m0/s1. The van der Waals surface area contributed by atoms with Crippen molar-refractivity contribution in [3.8, 4) is 28.7 Å². The summed E-state index contributed by atoms with van der Waals surface area (Å²) in [7, 11) is 1.53. The van der Waals surface area contributed by atoms with Crippen LogP contribution in [-0.4, -0.2) is 118 Å². The van der Waals surface area contributed by atoms with Crippen molar-refractivity contribution in [2.45, 2.75) is 44.8 Å². The molecule has 4 rings (SSSR count). The number of nitrogens with one attached hydrogen (secondary N) is 3. The van der Waals surface area contributed by atoms with Crippen molar-refractivity contribution in [1.29, 1.82) is 5.26 Å². The molecule has 0 aliphatic carbocycles. The molecule has 3 N–H and O–H groups in total. The van der Waals surface area contributed by atoms with Crippen molar-refractivity contribution in [2.24, 2.45) is 0 Å². The molecule has 17 heteroatoms. The van der Waals surface area contributed by atoms with Gasteiger partial charge < -0.3 is 44.5 Å². The molecule has 4 amide bonds. The first kappa shape index (κ1) is 41.2. The third kappa shape index (κ3) is 12.2. The van der Waals surface area contributed by atoms with Gasteiger partial charge in [-0.1, -0.05) is 6.07 Å². The first-order valence-corrected chi connectivity index (χ1v) is 17.1. The second-order valence-electron chi connectivity index (χ2n) is 13.1. The summed E-state index contributed by atoms with van der Waals surface area (Å²) in [5.41, 5.74) is 1.44. The van der Waals surface area contributed by atoms with Gasteiger partial charge in [0.05, 0.1) is 70.3 Å². The lowest BCUT2D eigenvalue weighted by molar-refractivity contribution is -0.131. The lowest BCUT2D eigenvalue weighted by Crippen LogP contribution is -2.43. The summed E-state index contributed by atoms with van der Waals surface area (Å²) in [5, 5.41) is 17.2. The highest BCUT2D eigenvalue weighted by Crippen LogP contribution is 2.35. The maximum absolute atomic E-state index is 13.8. The van der Waals surface area contributed by atoms with Gasteiger partial charge in [0.15, 0.2) is 0 Å². The molecule has 0 radical (unpaired) electrons. The normalized spacial score (nSPS) is 14.9. The van der Waals surface area contributed by atoms with Crippen molar-refractivity contribution < 1.29 is 51.6 Å². The fourth-order valence-electron chi connectivity index (χ4n) is 5.37. The SMILES string of the molecule is COc1ccc(-c2ccc3nccc(C(=O)NCC(=O)N4CC(F)(F)C[C@H]4C#N)c3c2)c(OCCOCCOCCNC(=O)CNC(=O)OC(C)(C)C)c1. The minimum absolute atomic E-state index is 0.188. The van der Waals surface area contributed by atoms with Crippen molar-refractivity contribution in [3.05, 3.63) is 54.2 Å². The maximum atomic E-state index is 13.8. The van der Waals surface area contributed by atoms with Gasteiger partial charge in [-0.25, -0.2) is 13.6 Å². The largest absolute Gasteiger partial charge is 0.497 e. The topological polar surface area (TPSA) is 190 Å². The Balaban J connectivity index is 1.27. The maximum Gasteiger partial charge on any atom is 0.408 e. The minimum atomic E-state index is -3.17. The Labute approximate surface area is 311 Å². The molecule has 0 spiro atoms. The number of amides is 4. The van der Waals surface area contributed by atoms with Crippen LogP contribution in [0.4, 0.5) is 13.6 Å². The molecule has 1 fully saturated rings. The molecule has 290 valence electrons. The molecule has 1 aliphatic heterocycles. The van der Waals surface area contributed by atoms with E-state index in [0.29, 0.717) is 33.5 Å². The molecule has 54 heavy (non-hydrogen) atoms. The molecule has 15 nitrogen and oxygen atoms in total. The average Bonchev–Trinajstić information content (AvgIpc) is 3.46. The lowest BCUT2D eigenvalue weighted by atomic mass is 9.99. The van der Waals surface area contributed by atoms with Crippen LogP contribution < -0.4 is 25.4 Å². The number of nitrogens with zero attached hydrogens (tertiary/aromatic N) is 3. The monoisotopic (exact) mass is 754 g/mol. The fraction of sp³-hybridized carbons (Fsp3) is 0.459. The van der Waals surface area contributed by atoms with Crippen LogP contribution in [0.1, 0.15) is 37.6 Å². The Hall–Kier alpha value is -5.60. The number of nitriles is 1. The van der Waals surface area contributed by atoms with Gasteiger partial charge in [0.2, 0.25) is 11.8 Å². The highest BCUT2D eigenvalue weighted by Gasteiger charge is 2.47. The molecule has 0 saturated carbocycles. The van der Waals surface area contributed by atoms with E-state index < -0.39 is 55.0 Å². The van der Waals surface area contributed by atoms with Gasteiger partial charge in [-0.2, -0.15) is 5.26 Å². The van der Waals surface area contributed by atoms with E-state index in [1.165, 1.54) is 19.4 Å². The van der Waals surface area contributed by atoms with Crippen molar-refractivity contribution >= 4 is 34.7 Å². The van der Waals surface area contributed by atoms with Crippen LogP contribution in [-0.2, 0) is 23.8 Å². The quantitative estimate of drug-likeness (QED) is 0.171. The number of hydrogen-bond donors (Lipinski definition) is 3.